The number of pyridine rings is 1. The van der Waals surface area contributed by atoms with Crippen LogP contribution in [0.4, 0.5) is 23.2 Å². The molecule has 8 nitrogen and oxygen atoms in total. The van der Waals surface area contributed by atoms with Gasteiger partial charge in [-0.2, -0.15) is 4.31 Å². The summed E-state index contributed by atoms with van der Waals surface area (Å²) in [5, 5.41) is 5.88. The van der Waals surface area contributed by atoms with Gasteiger partial charge in [0.1, 0.15) is 28.2 Å². The minimum absolute atomic E-state index is 0.00329. The van der Waals surface area contributed by atoms with Gasteiger partial charge in [-0.1, -0.05) is 35.9 Å². The summed E-state index contributed by atoms with van der Waals surface area (Å²) in [5.74, 6) is -5.03. The number of carbonyl (C=O) groups excluding carboxylic acids is 1. The number of anilines is 1. The van der Waals surface area contributed by atoms with E-state index in [-0.39, 0.29) is 46.1 Å². The van der Waals surface area contributed by atoms with Crippen LogP contribution in [0.25, 0.3) is 0 Å². The van der Waals surface area contributed by atoms with E-state index in [1.165, 1.54) is 34.8 Å². The third-order valence-corrected chi connectivity index (χ3v) is 10.7. The lowest BCUT2D eigenvalue weighted by atomic mass is 9.84. The summed E-state index contributed by atoms with van der Waals surface area (Å²) in [4.78, 5) is 17.4. The van der Waals surface area contributed by atoms with Crippen molar-refractivity contribution in [1.82, 2.24) is 14.6 Å². The van der Waals surface area contributed by atoms with Gasteiger partial charge in [0.05, 0.1) is 29.1 Å². The zero-order chi connectivity index (χ0) is 33.9. The molecule has 4 aromatic rings. The number of nitrogens with one attached hydrogen (secondary N) is 2. The second-order valence-electron chi connectivity index (χ2n) is 11.4. The molecule has 248 valence electrons. The molecule has 1 fully saturated rings. The Morgan fingerprint density at radius 3 is 2.36 bits per heavy atom. The van der Waals surface area contributed by atoms with Gasteiger partial charge in [-0.25, -0.2) is 26.0 Å². The van der Waals surface area contributed by atoms with Crippen LogP contribution < -0.4 is 16.4 Å². The SMILES string of the molecule is C[C@H]1CNC[C@H](CCc2c(F)cncc2NC(=O)[C@@H](N)[C@@H](c2ccc(F)cc2)c2cc(F)cc(F)c2)N1S(=O)(=O)c1ccccc1Cl. The number of halogens is 5. The molecule has 4 atom stereocenters. The molecule has 4 N–H and O–H groups in total. The van der Waals surface area contributed by atoms with Crippen molar-refractivity contribution in [3.8, 4) is 0 Å². The first kappa shape index (κ1) is 34.5. The monoisotopic (exact) mass is 689 g/mol. The normalized spacial score (nSPS) is 18.4. The Bertz CT molecular complexity index is 1850. The van der Waals surface area contributed by atoms with Crippen molar-refractivity contribution in [2.75, 3.05) is 18.4 Å². The number of piperazine rings is 1. The highest BCUT2D eigenvalue weighted by molar-refractivity contribution is 7.89. The maximum atomic E-state index is 15.3. The van der Waals surface area contributed by atoms with E-state index in [2.05, 4.69) is 15.6 Å². The highest BCUT2D eigenvalue weighted by Gasteiger charge is 2.39. The van der Waals surface area contributed by atoms with Crippen LogP contribution in [0.3, 0.4) is 0 Å². The average Bonchev–Trinajstić information content (AvgIpc) is 3.01. The van der Waals surface area contributed by atoms with Gasteiger partial charge in [-0.15, -0.1) is 0 Å². The van der Waals surface area contributed by atoms with Gasteiger partial charge in [-0.05, 0) is 67.3 Å². The summed E-state index contributed by atoms with van der Waals surface area (Å²) in [6, 6.07) is 11.3. The molecule has 14 heteroatoms. The summed E-state index contributed by atoms with van der Waals surface area (Å²) < 4.78 is 86.3. The molecule has 0 saturated carbocycles. The molecule has 2 heterocycles. The molecule has 1 amide bonds. The number of rotatable bonds is 10. The molecule has 0 bridgehead atoms. The van der Waals surface area contributed by atoms with E-state index in [9.17, 15) is 26.4 Å². The van der Waals surface area contributed by atoms with E-state index in [4.69, 9.17) is 17.3 Å². The van der Waals surface area contributed by atoms with Gasteiger partial charge in [0.15, 0.2) is 0 Å². The molecule has 1 aromatic heterocycles. The second-order valence-corrected chi connectivity index (χ2v) is 13.6. The largest absolute Gasteiger partial charge is 0.323 e. The van der Waals surface area contributed by atoms with Crippen LogP contribution in [-0.2, 0) is 21.2 Å². The summed E-state index contributed by atoms with van der Waals surface area (Å²) >= 11 is 6.25. The molecule has 3 aromatic carbocycles. The van der Waals surface area contributed by atoms with E-state index in [1.54, 1.807) is 19.1 Å². The van der Waals surface area contributed by atoms with Crippen molar-refractivity contribution >= 4 is 33.2 Å². The summed E-state index contributed by atoms with van der Waals surface area (Å²) in [7, 11) is -4.02. The quantitative estimate of drug-likeness (QED) is 0.193. The minimum Gasteiger partial charge on any atom is -0.323 e. The zero-order valence-corrected chi connectivity index (χ0v) is 26.7. The molecular weight excluding hydrogens is 658 g/mol. The van der Waals surface area contributed by atoms with Crippen molar-refractivity contribution < 1.29 is 30.8 Å². The first-order valence-corrected chi connectivity index (χ1v) is 16.6. The number of amides is 1. The van der Waals surface area contributed by atoms with Crippen LogP contribution in [-0.4, -0.2) is 54.8 Å². The molecule has 0 radical (unpaired) electrons. The average molecular weight is 690 g/mol. The number of nitrogens with zero attached hydrogens (tertiary/aromatic N) is 2. The fraction of sp³-hybridized carbons (Fsp3) is 0.273. The lowest BCUT2D eigenvalue weighted by Gasteiger charge is -2.40. The van der Waals surface area contributed by atoms with E-state index in [0.717, 1.165) is 30.5 Å². The third kappa shape index (κ3) is 7.65. The Morgan fingerprint density at radius 2 is 1.68 bits per heavy atom. The van der Waals surface area contributed by atoms with Gasteiger partial charge in [0.25, 0.3) is 0 Å². The van der Waals surface area contributed by atoms with Gasteiger partial charge >= 0.3 is 0 Å². The maximum Gasteiger partial charge on any atom is 0.245 e. The number of nitrogens with two attached hydrogens (primary N) is 1. The number of benzene rings is 3. The molecule has 1 aliphatic heterocycles. The summed E-state index contributed by atoms with van der Waals surface area (Å²) in [5.41, 5.74) is 6.78. The zero-order valence-electron chi connectivity index (χ0n) is 25.1. The van der Waals surface area contributed by atoms with Crippen LogP contribution in [0.15, 0.2) is 84.0 Å². The van der Waals surface area contributed by atoms with Gasteiger partial charge in [-0.3, -0.25) is 9.78 Å². The summed E-state index contributed by atoms with van der Waals surface area (Å²) in [6.07, 6.45) is 2.38. The molecule has 0 spiro atoms. The van der Waals surface area contributed by atoms with Crippen LogP contribution >= 0.6 is 11.6 Å². The number of hydrogen-bond donors (Lipinski definition) is 3. The van der Waals surface area contributed by atoms with E-state index in [1.807, 2.05) is 0 Å². The smallest absolute Gasteiger partial charge is 0.245 e. The number of hydrogen-bond acceptors (Lipinski definition) is 6. The van der Waals surface area contributed by atoms with E-state index < -0.39 is 63.2 Å². The minimum atomic E-state index is -4.02. The Hall–Kier alpha value is -3.88. The third-order valence-electron chi connectivity index (χ3n) is 8.13. The summed E-state index contributed by atoms with van der Waals surface area (Å²) in [6.45, 7) is 2.44. The molecule has 0 aliphatic carbocycles. The lowest BCUT2D eigenvalue weighted by Crippen LogP contribution is -2.58. The lowest BCUT2D eigenvalue weighted by molar-refractivity contribution is -0.117. The predicted molar refractivity (Wildman–Crippen MR) is 170 cm³/mol. The Kier molecular flexibility index (Phi) is 10.6. The van der Waals surface area contributed by atoms with Gasteiger partial charge < -0.3 is 16.4 Å². The van der Waals surface area contributed by atoms with Crippen LogP contribution in [0.2, 0.25) is 5.02 Å². The van der Waals surface area contributed by atoms with Gasteiger partial charge in [0.2, 0.25) is 15.9 Å². The van der Waals surface area contributed by atoms with Crippen molar-refractivity contribution in [3.05, 3.63) is 124 Å². The molecule has 1 aliphatic rings. The van der Waals surface area contributed by atoms with Crippen molar-refractivity contribution in [1.29, 1.82) is 0 Å². The Balaban J connectivity index is 1.40. The van der Waals surface area contributed by atoms with E-state index >= 15 is 4.39 Å². The number of carbonyl (C=O) groups is 1. The molecule has 5 rings (SSSR count). The topological polar surface area (TPSA) is 117 Å². The fourth-order valence-corrected chi connectivity index (χ4v) is 8.30. The van der Waals surface area contributed by atoms with Crippen LogP contribution in [0.5, 0.6) is 0 Å². The van der Waals surface area contributed by atoms with Crippen molar-refractivity contribution in [2.45, 2.75) is 48.7 Å². The standard InChI is InChI=1S/C33H32ClF4N5O3S/c1-19-15-40-16-25(43(19)47(45,46)30-5-3-2-4-27(30)34)10-11-26-28(38)17-41-18-29(26)42-33(44)32(39)31(20-6-8-22(35)9-7-20)21-12-23(36)14-24(37)13-21/h2-9,12-14,17-19,25,31-32,40H,10-11,15-16,39H2,1H3,(H,42,44)/t19-,25-,31-,32-/m0/s1. The fourth-order valence-electron chi connectivity index (χ4n) is 5.96. The van der Waals surface area contributed by atoms with Gasteiger partial charge in [0, 0.05) is 42.7 Å². The van der Waals surface area contributed by atoms with Crippen LogP contribution in [0, 0.1) is 23.3 Å². The first-order valence-electron chi connectivity index (χ1n) is 14.8. The Morgan fingerprint density at radius 1 is 1.00 bits per heavy atom. The Labute approximate surface area is 275 Å². The molecule has 1 saturated heterocycles. The molecule has 47 heavy (non-hydrogen) atoms. The van der Waals surface area contributed by atoms with Crippen molar-refractivity contribution in [2.24, 2.45) is 5.73 Å². The number of aromatic nitrogens is 1. The highest BCUT2D eigenvalue weighted by Crippen LogP contribution is 2.32. The second kappa shape index (κ2) is 14.5. The predicted octanol–water partition coefficient (Wildman–Crippen LogP) is 5.37. The molecular formula is C33H32ClF4N5O3S. The highest BCUT2D eigenvalue weighted by atomic mass is 35.5. The van der Waals surface area contributed by atoms with Crippen LogP contribution in [0.1, 0.15) is 36.0 Å². The van der Waals surface area contributed by atoms with Crippen molar-refractivity contribution in [3.63, 3.8) is 0 Å². The number of sulfonamides is 1. The molecule has 0 unspecified atom stereocenters. The maximum absolute atomic E-state index is 15.3. The first-order chi connectivity index (χ1) is 22.4. The van der Waals surface area contributed by atoms with E-state index in [0.29, 0.717) is 18.2 Å².